The number of hydrazone groups is 1. The molecule has 0 unspecified atom stereocenters. The van der Waals surface area contributed by atoms with Gasteiger partial charge in [0.15, 0.2) is 6.61 Å². The number of anilines is 1. The van der Waals surface area contributed by atoms with Gasteiger partial charge in [0.2, 0.25) is 0 Å². The Kier molecular flexibility index (Phi) is 10.3. The van der Waals surface area contributed by atoms with E-state index in [2.05, 4.69) is 37.1 Å². The summed E-state index contributed by atoms with van der Waals surface area (Å²) in [6.45, 7) is 2.63. The summed E-state index contributed by atoms with van der Waals surface area (Å²) >= 11 is 3.42. The van der Waals surface area contributed by atoms with E-state index in [0.717, 1.165) is 10.0 Å². The molecular formula is C22H25BrN4O5. The standard InChI is InChI=1S/C22H25BrN4O5/c1-15-12-17(6-9-19(15)23)26-20(28)14-32-18-7-4-16(5-8-18)13-25-27-22(30)21(29)24-10-3-11-31-2/h4-9,12-13H,3,10-11,14H2,1-2H3,(H,24,29)(H,26,28)(H,27,30)/b25-13-. The normalized spacial score (nSPS) is 10.6. The number of benzene rings is 2. The molecule has 0 spiro atoms. The maximum Gasteiger partial charge on any atom is 0.329 e. The quantitative estimate of drug-likeness (QED) is 0.198. The second-order valence-electron chi connectivity index (χ2n) is 6.67. The van der Waals surface area contributed by atoms with E-state index in [4.69, 9.17) is 9.47 Å². The fourth-order valence-electron chi connectivity index (χ4n) is 2.43. The summed E-state index contributed by atoms with van der Waals surface area (Å²) < 4.78 is 11.3. The van der Waals surface area contributed by atoms with Crippen LogP contribution in [-0.2, 0) is 19.1 Å². The number of carbonyl (C=O) groups is 3. The molecule has 3 N–H and O–H groups in total. The molecule has 32 heavy (non-hydrogen) atoms. The van der Waals surface area contributed by atoms with Crippen LogP contribution in [0, 0.1) is 6.92 Å². The Morgan fingerprint density at radius 3 is 2.53 bits per heavy atom. The zero-order valence-electron chi connectivity index (χ0n) is 17.8. The number of ether oxygens (including phenoxy) is 2. The average molecular weight is 505 g/mol. The largest absolute Gasteiger partial charge is 0.484 e. The minimum atomic E-state index is -0.856. The van der Waals surface area contributed by atoms with E-state index in [1.165, 1.54) is 6.21 Å². The van der Waals surface area contributed by atoms with Crippen LogP contribution in [0.25, 0.3) is 0 Å². The molecule has 0 aliphatic heterocycles. The smallest absolute Gasteiger partial charge is 0.329 e. The number of hydrogen-bond acceptors (Lipinski definition) is 6. The van der Waals surface area contributed by atoms with Gasteiger partial charge in [-0.15, -0.1) is 0 Å². The van der Waals surface area contributed by atoms with Crippen LogP contribution in [0.5, 0.6) is 5.75 Å². The van der Waals surface area contributed by atoms with Crippen molar-refractivity contribution in [2.75, 3.05) is 32.2 Å². The maximum absolute atomic E-state index is 12.1. The first-order chi connectivity index (χ1) is 15.4. The monoisotopic (exact) mass is 504 g/mol. The Morgan fingerprint density at radius 2 is 1.84 bits per heavy atom. The molecule has 2 aromatic carbocycles. The molecule has 0 saturated heterocycles. The molecule has 3 amide bonds. The SMILES string of the molecule is COCCCNC(=O)C(=O)N/N=C\c1ccc(OCC(=O)Nc2ccc(Br)c(C)c2)cc1. The topological polar surface area (TPSA) is 118 Å². The molecule has 0 heterocycles. The van der Waals surface area contributed by atoms with Crippen LogP contribution in [0.15, 0.2) is 52.0 Å². The van der Waals surface area contributed by atoms with E-state index < -0.39 is 11.8 Å². The average Bonchev–Trinajstić information content (AvgIpc) is 2.78. The van der Waals surface area contributed by atoms with Crippen LogP contribution in [0.1, 0.15) is 17.5 Å². The van der Waals surface area contributed by atoms with Crippen molar-refractivity contribution in [3.8, 4) is 5.75 Å². The van der Waals surface area contributed by atoms with Gasteiger partial charge in [-0.3, -0.25) is 14.4 Å². The number of carbonyl (C=O) groups excluding carboxylic acids is 3. The molecule has 10 heteroatoms. The lowest BCUT2D eigenvalue weighted by molar-refractivity contribution is -0.139. The van der Waals surface area contributed by atoms with Gasteiger partial charge in [0, 0.05) is 30.4 Å². The molecule has 170 valence electrons. The van der Waals surface area contributed by atoms with Gasteiger partial charge in [-0.25, -0.2) is 5.43 Å². The first kappa shape index (κ1) is 25.0. The Morgan fingerprint density at radius 1 is 1.09 bits per heavy atom. The molecule has 0 saturated carbocycles. The minimum Gasteiger partial charge on any atom is -0.484 e. The highest BCUT2D eigenvalue weighted by Gasteiger charge is 2.11. The van der Waals surface area contributed by atoms with Gasteiger partial charge in [0.25, 0.3) is 5.91 Å². The zero-order valence-corrected chi connectivity index (χ0v) is 19.4. The summed E-state index contributed by atoms with van der Waals surface area (Å²) in [5, 5.41) is 8.99. The predicted octanol–water partition coefficient (Wildman–Crippen LogP) is 2.38. The third-order valence-electron chi connectivity index (χ3n) is 4.09. The summed E-state index contributed by atoms with van der Waals surface area (Å²) in [7, 11) is 1.56. The van der Waals surface area contributed by atoms with Crippen LogP contribution in [0.2, 0.25) is 0 Å². The van der Waals surface area contributed by atoms with Crippen molar-refractivity contribution in [1.29, 1.82) is 0 Å². The number of nitrogens with zero attached hydrogens (tertiary/aromatic N) is 1. The highest BCUT2D eigenvalue weighted by Crippen LogP contribution is 2.20. The Labute approximate surface area is 194 Å². The first-order valence-corrected chi connectivity index (χ1v) is 10.6. The second-order valence-corrected chi connectivity index (χ2v) is 7.53. The molecule has 2 rings (SSSR count). The Balaban J connectivity index is 1.74. The highest BCUT2D eigenvalue weighted by atomic mass is 79.9. The second kappa shape index (κ2) is 13.2. The molecular weight excluding hydrogens is 480 g/mol. The van der Waals surface area contributed by atoms with Crippen molar-refractivity contribution in [3.05, 3.63) is 58.1 Å². The summed E-state index contributed by atoms with van der Waals surface area (Å²) in [4.78, 5) is 35.3. The van der Waals surface area contributed by atoms with Crippen LogP contribution in [-0.4, -0.2) is 50.8 Å². The van der Waals surface area contributed by atoms with Crippen LogP contribution in [0.3, 0.4) is 0 Å². The number of hydrogen-bond donors (Lipinski definition) is 3. The van der Waals surface area contributed by atoms with E-state index in [0.29, 0.717) is 36.6 Å². The van der Waals surface area contributed by atoms with Crippen molar-refractivity contribution in [1.82, 2.24) is 10.7 Å². The highest BCUT2D eigenvalue weighted by molar-refractivity contribution is 9.10. The first-order valence-electron chi connectivity index (χ1n) is 9.78. The number of halogens is 1. The van der Waals surface area contributed by atoms with Crippen molar-refractivity contribution < 1.29 is 23.9 Å². The van der Waals surface area contributed by atoms with Crippen LogP contribution >= 0.6 is 15.9 Å². The number of amides is 3. The Bertz CT molecular complexity index is 963. The number of methoxy groups -OCH3 is 1. The van der Waals surface area contributed by atoms with Crippen LogP contribution in [0.4, 0.5) is 5.69 Å². The van der Waals surface area contributed by atoms with E-state index in [-0.39, 0.29) is 12.5 Å². The van der Waals surface area contributed by atoms with E-state index in [1.807, 2.05) is 19.1 Å². The van der Waals surface area contributed by atoms with E-state index in [1.54, 1.807) is 37.4 Å². The molecule has 9 nitrogen and oxygen atoms in total. The summed E-state index contributed by atoms with van der Waals surface area (Å²) in [5.74, 6) is -1.39. The molecule has 0 fully saturated rings. The molecule has 0 bridgehead atoms. The van der Waals surface area contributed by atoms with Crippen LogP contribution < -0.4 is 20.8 Å². The predicted molar refractivity (Wildman–Crippen MR) is 125 cm³/mol. The summed E-state index contributed by atoms with van der Waals surface area (Å²) in [6.07, 6.45) is 2.00. The van der Waals surface area contributed by atoms with Gasteiger partial charge >= 0.3 is 11.8 Å². The van der Waals surface area contributed by atoms with Gasteiger partial charge < -0.3 is 20.1 Å². The van der Waals surface area contributed by atoms with E-state index in [9.17, 15) is 14.4 Å². The lowest BCUT2D eigenvalue weighted by Gasteiger charge is -2.09. The summed E-state index contributed by atoms with van der Waals surface area (Å²) in [5.41, 5.74) is 4.54. The summed E-state index contributed by atoms with van der Waals surface area (Å²) in [6, 6.07) is 12.3. The fraction of sp³-hybridized carbons (Fsp3) is 0.273. The van der Waals surface area contributed by atoms with Gasteiger partial charge in [-0.1, -0.05) is 15.9 Å². The van der Waals surface area contributed by atoms with Crippen molar-refractivity contribution in [2.45, 2.75) is 13.3 Å². The lowest BCUT2D eigenvalue weighted by Crippen LogP contribution is -2.38. The van der Waals surface area contributed by atoms with Crippen molar-refractivity contribution in [2.24, 2.45) is 5.10 Å². The molecule has 0 radical (unpaired) electrons. The molecule has 0 aliphatic carbocycles. The number of aryl methyl sites for hydroxylation is 1. The molecule has 0 aromatic heterocycles. The molecule has 0 aliphatic rings. The fourth-order valence-corrected chi connectivity index (χ4v) is 2.68. The van der Waals surface area contributed by atoms with Crippen molar-refractivity contribution in [3.63, 3.8) is 0 Å². The van der Waals surface area contributed by atoms with E-state index >= 15 is 0 Å². The maximum atomic E-state index is 12.1. The van der Waals surface area contributed by atoms with Gasteiger partial charge in [-0.2, -0.15) is 5.10 Å². The van der Waals surface area contributed by atoms with Crippen molar-refractivity contribution >= 4 is 45.6 Å². The third kappa shape index (κ3) is 8.86. The zero-order chi connectivity index (χ0) is 23.3. The minimum absolute atomic E-state index is 0.141. The van der Waals surface area contributed by atoms with Gasteiger partial charge in [0.1, 0.15) is 5.75 Å². The molecule has 2 aromatic rings. The molecule has 0 atom stereocenters. The Hall–Kier alpha value is -3.24. The lowest BCUT2D eigenvalue weighted by atomic mass is 10.2. The van der Waals surface area contributed by atoms with Gasteiger partial charge in [0.05, 0.1) is 6.21 Å². The number of nitrogens with one attached hydrogen (secondary N) is 3. The third-order valence-corrected chi connectivity index (χ3v) is 4.98. The van der Waals surface area contributed by atoms with Gasteiger partial charge in [-0.05, 0) is 66.9 Å². The number of rotatable bonds is 10.